The number of nitro benzene ring substituents is 1. The van der Waals surface area contributed by atoms with Crippen LogP contribution in [0.3, 0.4) is 0 Å². The summed E-state index contributed by atoms with van der Waals surface area (Å²) >= 11 is 14.8. The number of anilines is 1. The van der Waals surface area contributed by atoms with E-state index in [1.807, 2.05) is 0 Å². The highest BCUT2D eigenvalue weighted by Crippen LogP contribution is 2.28. The minimum atomic E-state index is -0.573. The minimum absolute atomic E-state index is 0.149. The minimum Gasteiger partial charge on any atom is -0.321 e. The van der Waals surface area contributed by atoms with Crippen LogP contribution in [-0.2, 0) is 0 Å². The van der Waals surface area contributed by atoms with E-state index in [9.17, 15) is 14.9 Å². The predicted molar refractivity (Wildman–Crippen MR) is 85.2 cm³/mol. The molecular weight excluding hydrogens is 383 g/mol. The highest BCUT2D eigenvalue weighted by atomic mass is 79.9. The first kappa shape index (κ1) is 15.8. The predicted octanol–water partition coefficient (Wildman–Crippen LogP) is 4.92. The molecule has 2 aromatic rings. The third-order valence-electron chi connectivity index (χ3n) is 2.58. The van der Waals surface area contributed by atoms with E-state index in [-0.39, 0.29) is 16.3 Å². The second-order valence-corrected chi connectivity index (χ2v) is 5.70. The fraction of sp³-hybridized carbons (Fsp3) is 0. The number of nitrogens with zero attached hydrogens (tertiary/aromatic N) is 1. The summed E-state index contributed by atoms with van der Waals surface area (Å²) in [5, 5.41) is 14.1. The van der Waals surface area contributed by atoms with Crippen molar-refractivity contribution >= 4 is 56.4 Å². The lowest BCUT2D eigenvalue weighted by molar-refractivity contribution is -0.385. The second-order valence-electron chi connectivity index (χ2n) is 4.00. The number of carbonyl (C=O) groups excluding carboxylic acids is 1. The van der Waals surface area contributed by atoms with Crippen LogP contribution in [0.25, 0.3) is 0 Å². The number of benzene rings is 2. The fourth-order valence-electron chi connectivity index (χ4n) is 1.58. The first-order valence-corrected chi connectivity index (χ1v) is 7.13. The molecule has 0 atom stereocenters. The summed E-state index contributed by atoms with van der Waals surface area (Å²) in [5.74, 6) is -0.505. The lowest BCUT2D eigenvalue weighted by Gasteiger charge is -2.07. The van der Waals surface area contributed by atoms with Gasteiger partial charge in [0.25, 0.3) is 11.6 Å². The van der Waals surface area contributed by atoms with Gasteiger partial charge in [-0.1, -0.05) is 23.2 Å². The van der Waals surface area contributed by atoms with Crippen molar-refractivity contribution in [3.05, 3.63) is 66.6 Å². The molecule has 0 aromatic heterocycles. The average molecular weight is 390 g/mol. The molecule has 8 heteroatoms. The lowest BCUT2D eigenvalue weighted by Crippen LogP contribution is -2.12. The number of hydrogen-bond acceptors (Lipinski definition) is 3. The molecule has 0 fully saturated rings. The summed E-state index contributed by atoms with van der Waals surface area (Å²) in [5.41, 5.74) is 0.331. The molecule has 0 heterocycles. The second kappa shape index (κ2) is 6.43. The molecule has 0 bridgehead atoms. The zero-order valence-electron chi connectivity index (χ0n) is 10.3. The van der Waals surface area contributed by atoms with Crippen molar-refractivity contribution in [2.45, 2.75) is 0 Å². The van der Waals surface area contributed by atoms with Crippen LogP contribution >= 0.6 is 39.1 Å². The molecule has 1 amide bonds. The summed E-state index contributed by atoms with van der Waals surface area (Å²) in [6.07, 6.45) is 0. The first-order valence-electron chi connectivity index (χ1n) is 5.59. The largest absolute Gasteiger partial charge is 0.321 e. The molecule has 2 aromatic carbocycles. The molecule has 5 nitrogen and oxygen atoms in total. The molecule has 0 aliphatic rings. The van der Waals surface area contributed by atoms with Crippen molar-refractivity contribution in [2.24, 2.45) is 0 Å². The SMILES string of the molecule is O=C(Nc1ccc(Cl)cc1Cl)c1ccc(Br)c([N+](=O)[O-])c1. The van der Waals surface area contributed by atoms with Gasteiger partial charge >= 0.3 is 0 Å². The number of nitro groups is 1. The average Bonchev–Trinajstić information content (AvgIpc) is 2.42. The van der Waals surface area contributed by atoms with Crippen molar-refractivity contribution in [1.82, 2.24) is 0 Å². The van der Waals surface area contributed by atoms with Gasteiger partial charge < -0.3 is 5.32 Å². The Bertz CT molecular complexity index is 737. The van der Waals surface area contributed by atoms with Crippen LogP contribution in [0.2, 0.25) is 10.0 Å². The molecule has 21 heavy (non-hydrogen) atoms. The van der Waals surface area contributed by atoms with Crippen molar-refractivity contribution in [1.29, 1.82) is 0 Å². The summed E-state index contributed by atoms with van der Waals surface area (Å²) in [4.78, 5) is 22.4. The van der Waals surface area contributed by atoms with E-state index >= 15 is 0 Å². The van der Waals surface area contributed by atoms with Crippen LogP contribution in [0.15, 0.2) is 40.9 Å². The fourth-order valence-corrected chi connectivity index (χ4v) is 2.43. The van der Waals surface area contributed by atoms with Gasteiger partial charge in [0.05, 0.1) is 20.1 Å². The molecule has 2 rings (SSSR count). The van der Waals surface area contributed by atoms with E-state index < -0.39 is 10.8 Å². The quantitative estimate of drug-likeness (QED) is 0.598. The summed E-state index contributed by atoms with van der Waals surface area (Å²) < 4.78 is 0.300. The van der Waals surface area contributed by atoms with Crippen LogP contribution in [0, 0.1) is 10.1 Å². The molecule has 0 aliphatic carbocycles. The zero-order chi connectivity index (χ0) is 15.6. The highest BCUT2D eigenvalue weighted by Gasteiger charge is 2.16. The Balaban J connectivity index is 2.28. The van der Waals surface area contributed by atoms with Gasteiger partial charge in [-0.25, -0.2) is 0 Å². The summed E-state index contributed by atoms with van der Waals surface area (Å²) in [7, 11) is 0. The Kier molecular flexibility index (Phi) is 4.82. The molecule has 1 N–H and O–H groups in total. The summed E-state index contributed by atoms with van der Waals surface area (Å²) in [6.45, 7) is 0. The van der Waals surface area contributed by atoms with E-state index in [1.54, 1.807) is 12.1 Å². The van der Waals surface area contributed by atoms with Gasteiger partial charge in [0.2, 0.25) is 0 Å². The number of nitrogens with one attached hydrogen (secondary N) is 1. The number of amides is 1. The van der Waals surface area contributed by atoms with Crippen molar-refractivity contribution in [3.8, 4) is 0 Å². The van der Waals surface area contributed by atoms with Gasteiger partial charge in [0.1, 0.15) is 0 Å². The molecule has 0 spiro atoms. The number of rotatable bonds is 3. The van der Waals surface area contributed by atoms with Crippen LogP contribution in [0.5, 0.6) is 0 Å². The van der Waals surface area contributed by atoms with Crippen LogP contribution in [0.4, 0.5) is 11.4 Å². The topological polar surface area (TPSA) is 72.2 Å². The van der Waals surface area contributed by atoms with Crippen LogP contribution in [-0.4, -0.2) is 10.8 Å². The van der Waals surface area contributed by atoms with E-state index in [1.165, 1.54) is 24.3 Å². The number of hydrogen-bond donors (Lipinski definition) is 1. The molecule has 0 saturated carbocycles. The number of halogens is 3. The van der Waals surface area contributed by atoms with Gasteiger partial charge in [0.15, 0.2) is 0 Å². The Hall–Kier alpha value is -1.63. The molecule has 0 aliphatic heterocycles. The number of carbonyl (C=O) groups is 1. The van der Waals surface area contributed by atoms with E-state index in [0.29, 0.717) is 15.2 Å². The van der Waals surface area contributed by atoms with Crippen molar-refractivity contribution in [2.75, 3.05) is 5.32 Å². The molecule has 108 valence electrons. The van der Waals surface area contributed by atoms with E-state index in [4.69, 9.17) is 23.2 Å². The van der Waals surface area contributed by atoms with E-state index in [0.717, 1.165) is 0 Å². The third-order valence-corrected chi connectivity index (χ3v) is 3.80. The van der Waals surface area contributed by atoms with Crippen molar-refractivity contribution in [3.63, 3.8) is 0 Å². The maximum atomic E-state index is 12.1. The van der Waals surface area contributed by atoms with Gasteiger partial charge in [-0.05, 0) is 46.3 Å². The Morgan fingerprint density at radius 3 is 2.52 bits per heavy atom. The lowest BCUT2D eigenvalue weighted by atomic mass is 10.2. The molecular formula is C13H7BrCl2N2O3. The summed E-state index contributed by atoms with van der Waals surface area (Å²) in [6, 6.07) is 8.71. The van der Waals surface area contributed by atoms with Gasteiger partial charge in [0, 0.05) is 16.7 Å². The van der Waals surface area contributed by atoms with Crippen LogP contribution in [0.1, 0.15) is 10.4 Å². The third kappa shape index (κ3) is 3.72. The van der Waals surface area contributed by atoms with Gasteiger partial charge in [-0.3, -0.25) is 14.9 Å². The highest BCUT2D eigenvalue weighted by molar-refractivity contribution is 9.10. The Labute approximate surface area is 138 Å². The zero-order valence-corrected chi connectivity index (χ0v) is 13.4. The standard InChI is InChI=1S/C13H7BrCl2N2O3/c14-9-3-1-7(5-12(9)18(20)21)13(19)17-11-4-2-8(15)6-10(11)16/h1-6H,(H,17,19). The maximum absolute atomic E-state index is 12.1. The van der Waals surface area contributed by atoms with Gasteiger partial charge in [-0.2, -0.15) is 0 Å². The van der Waals surface area contributed by atoms with E-state index in [2.05, 4.69) is 21.2 Å². The first-order chi connectivity index (χ1) is 9.88. The van der Waals surface area contributed by atoms with Crippen LogP contribution < -0.4 is 5.32 Å². The Morgan fingerprint density at radius 2 is 1.90 bits per heavy atom. The molecule has 0 radical (unpaired) electrons. The molecule has 0 saturated heterocycles. The smallest absolute Gasteiger partial charge is 0.284 e. The normalized spacial score (nSPS) is 10.2. The van der Waals surface area contributed by atoms with Crippen molar-refractivity contribution < 1.29 is 9.72 Å². The Morgan fingerprint density at radius 1 is 1.19 bits per heavy atom. The monoisotopic (exact) mass is 388 g/mol. The maximum Gasteiger partial charge on any atom is 0.284 e. The molecule has 0 unspecified atom stereocenters. The van der Waals surface area contributed by atoms with Gasteiger partial charge in [-0.15, -0.1) is 0 Å².